The van der Waals surface area contributed by atoms with Gasteiger partial charge < -0.3 is 5.32 Å². The van der Waals surface area contributed by atoms with Crippen molar-refractivity contribution in [3.8, 4) is 0 Å². The number of carbonyl (C=O) groups excluding carboxylic acids is 1. The van der Waals surface area contributed by atoms with Crippen LogP contribution in [0.3, 0.4) is 0 Å². The number of halogens is 1. The van der Waals surface area contributed by atoms with Gasteiger partial charge in [-0.3, -0.25) is 4.79 Å². The zero-order valence-corrected chi connectivity index (χ0v) is 11.3. The lowest BCUT2D eigenvalue weighted by atomic mass is 10.1. The maximum atomic E-state index is 11.8. The minimum atomic E-state index is 0.101. The molecule has 0 fully saturated rings. The first kappa shape index (κ1) is 12.1. The van der Waals surface area contributed by atoms with Crippen LogP contribution in [0.4, 0.5) is 5.69 Å². The molecule has 0 unspecified atom stereocenters. The molecule has 0 aliphatic heterocycles. The molecule has 0 saturated heterocycles. The van der Waals surface area contributed by atoms with Gasteiger partial charge in [0.2, 0.25) is 0 Å². The van der Waals surface area contributed by atoms with E-state index in [0.29, 0.717) is 6.54 Å². The van der Waals surface area contributed by atoms with Crippen molar-refractivity contribution in [1.82, 2.24) is 0 Å². The van der Waals surface area contributed by atoms with Crippen LogP contribution in [0.15, 0.2) is 54.6 Å². The summed E-state index contributed by atoms with van der Waals surface area (Å²) in [7, 11) is 0. The Balaban J connectivity index is 1.95. The van der Waals surface area contributed by atoms with E-state index < -0.39 is 0 Å². The Morgan fingerprint density at radius 1 is 1.00 bits per heavy atom. The molecule has 1 N–H and O–H groups in total. The topological polar surface area (TPSA) is 29.1 Å². The minimum absolute atomic E-state index is 0.101. The number of carbonyl (C=O) groups is 1. The molecule has 2 aromatic carbocycles. The van der Waals surface area contributed by atoms with Crippen LogP contribution in [0.1, 0.15) is 10.4 Å². The molecule has 17 heavy (non-hydrogen) atoms. The second-order valence-electron chi connectivity index (χ2n) is 3.65. The summed E-state index contributed by atoms with van der Waals surface area (Å²) in [6.07, 6.45) is 0. The van der Waals surface area contributed by atoms with Gasteiger partial charge in [-0.2, -0.15) is 0 Å². The molecule has 2 rings (SSSR count). The van der Waals surface area contributed by atoms with E-state index in [1.165, 1.54) is 3.57 Å². The zero-order chi connectivity index (χ0) is 12.1. The Labute approximate surface area is 114 Å². The van der Waals surface area contributed by atoms with Gasteiger partial charge in [0.25, 0.3) is 0 Å². The molecule has 0 saturated carbocycles. The second-order valence-corrected chi connectivity index (χ2v) is 4.90. The smallest absolute Gasteiger partial charge is 0.181 e. The molecule has 2 nitrogen and oxygen atoms in total. The number of ketones is 1. The van der Waals surface area contributed by atoms with Crippen LogP contribution >= 0.6 is 22.6 Å². The molecule has 0 radical (unpaired) electrons. The lowest BCUT2D eigenvalue weighted by Gasteiger charge is -2.05. The maximum absolute atomic E-state index is 11.8. The van der Waals surface area contributed by atoms with Gasteiger partial charge >= 0.3 is 0 Å². The molecule has 0 aliphatic rings. The highest BCUT2D eigenvalue weighted by molar-refractivity contribution is 14.1. The number of Topliss-reactive ketones (excluding diaryl/α,β-unsaturated/α-hetero) is 1. The summed E-state index contributed by atoms with van der Waals surface area (Å²) in [5.74, 6) is 0.101. The normalized spacial score (nSPS) is 9.94. The molecule has 0 bridgehead atoms. The fraction of sp³-hybridized carbons (Fsp3) is 0.0714. The van der Waals surface area contributed by atoms with Gasteiger partial charge in [0, 0.05) is 14.8 Å². The Morgan fingerprint density at radius 2 is 1.65 bits per heavy atom. The maximum Gasteiger partial charge on any atom is 0.181 e. The first-order valence-corrected chi connectivity index (χ1v) is 6.41. The molecule has 0 spiro atoms. The zero-order valence-electron chi connectivity index (χ0n) is 9.19. The van der Waals surface area contributed by atoms with Gasteiger partial charge in [-0.05, 0) is 46.9 Å². The van der Waals surface area contributed by atoms with Crippen molar-refractivity contribution in [3.05, 3.63) is 63.7 Å². The third-order valence-electron chi connectivity index (χ3n) is 2.39. The van der Waals surface area contributed by atoms with Gasteiger partial charge in [0.05, 0.1) is 6.54 Å². The van der Waals surface area contributed by atoms with Gasteiger partial charge in [-0.15, -0.1) is 0 Å². The van der Waals surface area contributed by atoms with E-state index in [-0.39, 0.29) is 5.78 Å². The molecule has 0 amide bonds. The molecule has 0 heterocycles. The molecular weight excluding hydrogens is 325 g/mol. The molecular formula is C14H12INO. The standard InChI is InChI=1S/C14H12INO/c15-12-6-8-13(9-7-12)16-10-14(17)11-4-2-1-3-5-11/h1-9,16H,10H2. The van der Waals surface area contributed by atoms with Crippen molar-refractivity contribution in [2.45, 2.75) is 0 Å². The van der Waals surface area contributed by atoms with Gasteiger partial charge in [-0.25, -0.2) is 0 Å². The number of rotatable bonds is 4. The van der Waals surface area contributed by atoms with E-state index in [2.05, 4.69) is 27.9 Å². The summed E-state index contributed by atoms with van der Waals surface area (Å²) in [6, 6.07) is 17.3. The quantitative estimate of drug-likeness (QED) is 0.682. The largest absolute Gasteiger partial charge is 0.378 e. The number of hydrogen-bond donors (Lipinski definition) is 1. The van der Waals surface area contributed by atoms with Crippen LogP contribution in [-0.2, 0) is 0 Å². The molecule has 0 aliphatic carbocycles. The Hall–Kier alpha value is -1.36. The van der Waals surface area contributed by atoms with E-state index in [1.807, 2.05) is 54.6 Å². The second kappa shape index (κ2) is 5.82. The molecule has 0 aromatic heterocycles. The first-order valence-electron chi connectivity index (χ1n) is 5.33. The summed E-state index contributed by atoms with van der Waals surface area (Å²) < 4.78 is 1.18. The van der Waals surface area contributed by atoms with Gasteiger partial charge in [-0.1, -0.05) is 30.3 Å². The van der Waals surface area contributed by atoms with E-state index in [4.69, 9.17) is 0 Å². The van der Waals surface area contributed by atoms with Crippen molar-refractivity contribution in [2.75, 3.05) is 11.9 Å². The predicted molar refractivity (Wildman–Crippen MR) is 78.4 cm³/mol. The van der Waals surface area contributed by atoms with Crippen molar-refractivity contribution in [2.24, 2.45) is 0 Å². The average Bonchev–Trinajstić information content (AvgIpc) is 2.39. The first-order chi connectivity index (χ1) is 8.25. The lowest BCUT2D eigenvalue weighted by Crippen LogP contribution is -2.13. The number of nitrogens with one attached hydrogen (secondary N) is 1. The Kier molecular flexibility index (Phi) is 4.14. The molecule has 0 atom stereocenters. The molecule has 86 valence electrons. The Morgan fingerprint density at radius 3 is 2.29 bits per heavy atom. The summed E-state index contributed by atoms with van der Waals surface area (Å²) >= 11 is 2.25. The molecule has 2 aromatic rings. The molecule has 3 heteroatoms. The van der Waals surface area contributed by atoms with Gasteiger partial charge in [0.1, 0.15) is 0 Å². The van der Waals surface area contributed by atoms with Crippen molar-refractivity contribution in [3.63, 3.8) is 0 Å². The van der Waals surface area contributed by atoms with Crippen LogP contribution in [0, 0.1) is 3.57 Å². The fourth-order valence-corrected chi connectivity index (χ4v) is 1.84. The van der Waals surface area contributed by atoms with E-state index in [0.717, 1.165) is 11.3 Å². The van der Waals surface area contributed by atoms with E-state index in [9.17, 15) is 4.79 Å². The van der Waals surface area contributed by atoms with Gasteiger partial charge in [0.15, 0.2) is 5.78 Å². The van der Waals surface area contributed by atoms with Crippen molar-refractivity contribution >= 4 is 34.1 Å². The van der Waals surface area contributed by atoms with Crippen LogP contribution in [0.5, 0.6) is 0 Å². The lowest BCUT2D eigenvalue weighted by molar-refractivity contribution is 0.101. The SMILES string of the molecule is O=C(CNc1ccc(I)cc1)c1ccccc1. The Bertz CT molecular complexity index is 493. The van der Waals surface area contributed by atoms with E-state index in [1.54, 1.807) is 0 Å². The highest BCUT2D eigenvalue weighted by Crippen LogP contribution is 2.11. The predicted octanol–water partition coefficient (Wildman–Crippen LogP) is 3.59. The van der Waals surface area contributed by atoms with Crippen molar-refractivity contribution in [1.29, 1.82) is 0 Å². The van der Waals surface area contributed by atoms with Crippen LogP contribution in [-0.4, -0.2) is 12.3 Å². The average molecular weight is 337 g/mol. The highest BCUT2D eigenvalue weighted by atomic mass is 127. The summed E-state index contributed by atoms with van der Waals surface area (Å²) in [6.45, 7) is 0.324. The highest BCUT2D eigenvalue weighted by Gasteiger charge is 2.03. The van der Waals surface area contributed by atoms with Crippen LogP contribution in [0.2, 0.25) is 0 Å². The third kappa shape index (κ3) is 3.56. The summed E-state index contributed by atoms with van der Waals surface area (Å²) in [5, 5.41) is 3.12. The van der Waals surface area contributed by atoms with E-state index >= 15 is 0 Å². The monoisotopic (exact) mass is 337 g/mol. The fourth-order valence-electron chi connectivity index (χ4n) is 1.48. The number of anilines is 1. The third-order valence-corrected chi connectivity index (χ3v) is 3.11. The van der Waals surface area contributed by atoms with Crippen LogP contribution in [0.25, 0.3) is 0 Å². The summed E-state index contributed by atoms with van der Waals surface area (Å²) in [4.78, 5) is 11.8. The van der Waals surface area contributed by atoms with Crippen LogP contribution < -0.4 is 5.32 Å². The minimum Gasteiger partial charge on any atom is -0.378 e. The summed E-state index contributed by atoms with van der Waals surface area (Å²) in [5.41, 5.74) is 1.71. The number of benzene rings is 2. The number of hydrogen-bond acceptors (Lipinski definition) is 2. The van der Waals surface area contributed by atoms with Crippen molar-refractivity contribution < 1.29 is 4.79 Å².